The number of para-hydroxylation sites is 1. The Morgan fingerprint density at radius 1 is 1.17 bits per heavy atom. The highest BCUT2D eigenvalue weighted by Gasteiger charge is 2.03. The van der Waals surface area contributed by atoms with Crippen molar-refractivity contribution in [1.29, 1.82) is 0 Å². The Morgan fingerprint density at radius 3 is 2.56 bits per heavy atom. The summed E-state index contributed by atoms with van der Waals surface area (Å²) >= 11 is 0. The number of hydrogen-bond donors (Lipinski definition) is 1. The zero-order valence-electron chi connectivity index (χ0n) is 10.5. The molecule has 1 atom stereocenters. The molecule has 2 rings (SSSR count). The van der Waals surface area contributed by atoms with Crippen molar-refractivity contribution in [2.45, 2.75) is 25.8 Å². The Balaban J connectivity index is 2.00. The van der Waals surface area contributed by atoms with Crippen LogP contribution in [-0.2, 0) is 6.42 Å². The molecule has 0 fully saturated rings. The van der Waals surface area contributed by atoms with E-state index < -0.39 is 0 Å². The molecule has 0 amide bonds. The second-order valence-electron chi connectivity index (χ2n) is 4.29. The Hall–Kier alpha value is -1.87. The van der Waals surface area contributed by atoms with Crippen molar-refractivity contribution in [3.05, 3.63) is 54.2 Å². The highest BCUT2D eigenvalue weighted by Crippen LogP contribution is 2.18. The molecule has 1 heterocycles. The number of nitrogens with two attached hydrogens (primary N) is 1. The quantitative estimate of drug-likeness (QED) is 0.876. The summed E-state index contributed by atoms with van der Waals surface area (Å²) in [4.78, 5) is 4.28. The molecule has 0 aliphatic heterocycles. The number of hydrogen-bond acceptors (Lipinski definition) is 3. The van der Waals surface area contributed by atoms with Gasteiger partial charge >= 0.3 is 0 Å². The van der Waals surface area contributed by atoms with E-state index in [9.17, 15) is 0 Å². The highest BCUT2D eigenvalue weighted by molar-refractivity contribution is 5.27. The highest BCUT2D eigenvalue weighted by atomic mass is 16.5. The lowest BCUT2D eigenvalue weighted by Gasteiger charge is -2.09. The number of aromatic nitrogens is 1. The predicted octanol–water partition coefficient (Wildman–Crippen LogP) is 3.15. The summed E-state index contributed by atoms with van der Waals surface area (Å²) in [7, 11) is 0. The fraction of sp³-hybridized carbons (Fsp3) is 0.267. The Kier molecular flexibility index (Phi) is 4.31. The van der Waals surface area contributed by atoms with Crippen molar-refractivity contribution in [1.82, 2.24) is 4.98 Å². The SMILES string of the molecule is CCC(N)Cc1ccc(Oc2ccccc2)nc1. The average molecular weight is 242 g/mol. The number of rotatable bonds is 5. The molecular weight excluding hydrogens is 224 g/mol. The van der Waals surface area contributed by atoms with Crippen LogP contribution < -0.4 is 10.5 Å². The molecule has 2 aromatic rings. The third-order valence-corrected chi connectivity index (χ3v) is 2.79. The van der Waals surface area contributed by atoms with Gasteiger partial charge in [0.15, 0.2) is 0 Å². The van der Waals surface area contributed by atoms with Gasteiger partial charge in [0, 0.05) is 18.3 Å². The van der Waals surface area contributed by atoms with Crippen molar-refractivity contribution in [3.8, 4) is 11.6 Å². The first-order valence-electron chi connectivity index (χ1n) is 6.21. The van der Waals surface area contributed by atoms with Crippen LogP contribution in [0.4, 0.5) is 0 Å². The van der Waals surface area contributed by atoms with Crippen molar-refractivity contribution in [2.24, 2.45) is 5.73 Å². The zero-order valence-corrected chi connectivity index (χ0v) is 10.5. The topological polar surface area (TPSA) is 48.1 Å². The molecule has 1 aromatic carbocycles. The first-order chi connectivity index (χ1) is 8.78. The van der Waals surface area contributed by atoms with Gasteiger partial charge in [-0.15, -0.1) is 0 Å². The maximum absolute atomic E-state index is 5.91. The molecule has 0 saturated carbocycles. The van der Waals surface area contributed by atoms with Crippen LogP contribution in [0.25, 0.3) is 0 Å². The van der Waals surface area contributed by atoms with Gasteiger partial charge in [-0.25, -0.2) is 4.98 Å². The third kappa shape index (κ3) is 3.57. The molecule has 2 N–H and O–H groups in total. The summed E-state index contributed by atoms with van der Waals surface area (Å²) in [6, 6.07) is 13.7. The zero-order chi connectivity index (χ0) is 12.8. The van der Waals surface area contributed by atoms with E-state index in [1.54, 1.807) is 0 Å². The van der Waals surface area contributed by atoms with Gasteiger partial charge in [0.25, 0.3) is 0 Å². The van der Waals surface area contributed by atoms with Crippen LogP contribution in [0.15, 0.2) is 48.7 Å². The molecule has 3 heteroatoms. The first-order valence-corrected chi connectivity index (χ1v) is 6.21. The van der Waals surface area contributed by atoms with Gasteiger partial charge in [-0.1, -0.05) is 31.2 Å². The molecule has 1 unspecified atom stereocenters. The standard InChI is InChI=1S/C15H18N2O/c1-2-13(16)10-12-8-9-15(17-11-12)18-14-6-4-3-5-7-14/h3-9,11,13H,2,10,16H2,1H3. The normalized spacial score (nSPS) is 12.1. The van der Waals surface area contributed by atoms with Crippen LogP contribution in [-0.4, -0.2) is 11.0 Å². The molecular formula is C15H18N2O. The van der Waals surface area contributed by atoms with E-state index in [0.29, 0.717) is 5.88 Å². The van der Waals surface area contributed by atoms with Crippen LogP contribution in [0.2, 0.25) is 0 Å². The van der Waals surface area contributed by atoms with Gasteiger partial charge in [-0.3, -0.25) is 0 Å². The lowest BCUT2D eigenvalue weighted by atomic mass is 10.1. The van der Waals surface area contributed by atoms with E-state index in [-0.39, 0.29) is 6.04 Å². The Labute approximate surface area is 108 Å². The fourth-order valence-electron chi connectivity index (χ4n) is 1.65. The van der Waals surface area contributed by atoms with Crippen LogP contribution in [0, 0.1) is 0 Å². The summed E-state index contributed by atoms with van der Waals surface area (Å²) in [5.41, 5.74) is 7.05. The molecule has 0 bridgehead atoms. The largest absolute Gasteiger partial charge is 0.439 e. The minimum Gasteiger partial charge on any atom is -0.439 e. The van der Waals surface area contributed by atoms with Gasteiger partial charge in [0.2, 0.25) is 5.88 Å². The molecule has 0 aliphatic rings. The van der Waals surface area contributed by atoms with E-state index in [1.807, 2.05) is 48.7 Å². The van der Waals surface area contributed by atoms with Gasteiger partial charge in [0.1, 0.15) is 5.75 Å². The summed E-state index contributed by atoms with van der Waals surface area (Å²) in [6.07, 6.45) is 3.66. The van der Waals surface area contributed by atoms with Gasteiger partial charge in [-0.05, 0) is 30.5 Å². The maximum atomic E-state index is 5.91. The molecule has 3 nitrogen and oxygen atoms in total. The van der Waals surface area contributed by atoms with Crippen molar-refractivity contribution < 1.29 is 4.74 Å². The molecule has 0 spiro atoms. The third-order valence-electron chi connectivity index (χ3n) is 2.79. The van der Waals surface area contributed by atoms with Crippen LogP contribution in [0.1, 0.15) is 18.9 Å². The minimum atomic E-state index is 0.202. The summed E-state index contributed by atoms with van der Waals surface area (Å²) < 4.78 is 5.62. The molecule has 0 aliphatic carbocycles. The molecule has 0 radical (unpaired) electrons. The Morgan fingerprint density at radius 2 is 1.94 bits per heavy atom. The van der Waals surface area contributed by atoms with Crippen LogP contribution in [0.3, 0.4) is 0 Å². The van der Waals surface area contributed by atoms with Gasteiger partial charge in [0.05, 0.1) is 0 Å². The van der Waals surface area contributed by atoms with E-state index in [0.717, 1.165) is 24.2 Å². The Bertz CT molecular complexity index is 468. The van der Waals surface area contributed by atoms with Crippen molar-refractivity contribution in [2.75, 3.05) is 0 Å². The maximum Gasteiger partial charge on any atom is 0.219 e. The van der Waals surface area contributed by atoms with Crippen LogP contribution in [0.5, 0.6) is 11.6 Å². The number of nitrogens with zero attached hydrogens (tertiary/aromatic N) is 1. The van der Waals surface area contributed by atoms with Crippen LogP contribution >= 0.6 is 0 Å². The average Bonchev–Trinajstić information content (AvgIpc) is 2.42. The molecule has 1 aromatic heterocycles. The second-order valence-corrected chi connectivity index (χ2v) is 4.29. The number of ether oxygens (including phenoxy) is 1. The first kappa shape index (κ1) is 12.6. The van der Waals surface area contributed by atoms with Crippen molar-refractivity contribution in [3.63, 3.8) is 0 Å². The number of benzene rings is 1. The monoisotopic (exact) mass is 242 g/mol. The summed E-state index contributed by atoms with van der Waals surface area (Å²) in [6.45, 7) is 2.09. The second kappa shape index (κ2) is 6.17. The van der Waals surface area contributed by atoms with E-state index in [4.69, 9.17) is 10.5 Å². The van der Waals surface area contributed by atoms with E-state index >= 15 is 0 Å². The van der Waals surface area contributed by atoms with Gasteiger partial charge < -0.3 is 10.5 Å². The lowest BCUT2D eigenvalue weighted by Crippen LogP contribution is -2.21. The predicted molar refractivity (Wildman–Crippen MR) is 72.7 cm³/mol. The van der Waals surface area contributed by atoms with E-state index in [1.165, 1.54) is 0 Å². The van der Waals surface area contributed by atoms with E-state index in [2.05, 4.69) is 11.9 Å². The van der Waals surface area contributed by atoms with Crippen molar-refractivity contribution >= 4 is 0 Å². The fourth-order valence-corrected chi connectivity index (χ4v) is 1.65. The summed E-state index contributed by atoms with van der Waals surface area (Å²) in [5, 5.41) is 0. The summed E-state index contributed by atoms with van der Waals surface area (Å²) in [5.74, 6) is 1.40. The molecule has 94 valence electrons. The molecule has 0 saturated heterocycles. The van der Waals surface area contributed by atoms with Gasteiger partial charge in [-0.2, -0.15) is 0 Å². The smallest absolute Gasteiger partial charge is 0.219 e. The molecule has 18 heavy (non-hydrogen) atoms. The lowest BCUT2D eigenvalue weighted by molar-refractivity contribution is 0.462. The minimum absolute atomic E-state index is 0.202. The number of pyridine rings is 1.